The van der Waals surface area contributed by atoms with E-state index in [0.29, 0.717) is 17.1 Å². The molecular formula is C20H19N5O2S. The molecule has 0 atom stereocenters. The Morgan fingerprint density at radius 1 is 1.11 bits per heavy atom. The highest BCUT2D eigenvalue weighted by atomic mass is 32.1. The predicted molar refractivity (Wildman–Crippen MR) is 108 cm³/mol. The van der Waals surface area contributed by atoms with Crippen LogP contribution < -0.4 is 10.9 Å². The second kappa shape index (κ2) is 7.32. The Bertz CT molecular complexity index is 1140. The third kappa shape index (κ3) is 3.54. The molecule has 3 heterocycles. The molecule has 0 aliphatic heterocycles. The number of hydrazine groups is 1. The van der Waals surface area contributed by atoms with Crippen molar-refractivity contribution in [2.24, 2.45) is 0 Å². The number of aromatic nitrogens is 3. The number of hydrogen-bond donors (Lipinski definition) is 3. The fourth-order valence-corrected chi connectivity index (χ4v) is 3.97. The SMILES string of the molecule is Cc1ccc(Cn2nc(C)c3cc(C(=O)NNC(=O)c4ccc[nH]4)sc32)cc1. The number of H-pyrrole nitrogens is 1. The van der Waals surface area contributed by atoms with Crippen molar-refractivity contribution in [2.45, 2.75) is 20.4 Å². The van der Waals surface area contributed by atoms with E-state index < -0.39 is 5.91 Å². The van der Waals surface area contributed by atoms with Crippen molar-refractivity contribution < 1.29 is 9.59 Å². The van der Waals surface area contributed by atoms with Crippen LogP contribution in [0.15, 0.2) is 48.7 Å². The lowest BCUT2D eigenvalue weighted by Crippen LogP contribution is -2.41. The molecule has 0 saturated heterocycles. The summed E-state index contributed by atoms with van der Waals surface area (Å²) >= 11 is 1.35. The number of carbonyl (C=O) groups is 2. The molecule has 4 aromatic rings. The summed E-state index contributed by atoms with van der Waals surface area (Å²) in [7, 11) is 0. The van der Waals surface area contributed by atoms with Crippen LogP contribution in [0.5, 0.6) is 0 Å². The minimum atomic E-state index is -0.402. The summed E-state index contributed by atoms with van der Waals surface area (Å²) in [5.74, 6) is -0.761. The Kier molecular flexibility index (Phi) is 4.70. The van der Waals surface area contributed by atoms with Crippen LogP contribution in [-0.2, 0) is 6.54 Å². The highest BCUT2D eigenvalue weighted by Crippen LogP contribution is 2.28. The van der Waals surface area contributed by atoms with Gasteiger partial charge in [0, 0.05) is 11.6 Å². The lowest BCUT2D eigenvalue weighted by atomic mass is 10.1. The number of nitrogens with zero attached hydrogens (tertiary/aromatic N) is 2. The second-order valence-corrected chi connectivity index (χ2v) is 7.58. The van der Waals surface area contributed by atoms with Crippen LogP contribution in [0.2, 0.25) is 0 Å². The number of aryl methyl sites for hydroxylation is 2. The van der Waals surface area contributed by atoms with Gasteiger partial charge in [-0.25, -0.2) is 0 Å². The third-order valence-corrected chi connectivity index (χ3v) is 5.56. The van der Waals surface area contributed by atoms with Gasteiger partial charge in [-0.3, -0.25) is 25.1 Å². The number of aromatic amines is 1. The molecule has 28 heavy (non-hydrogen) atoms. The molecule has 0 unspecified atom stereocenters. The number of benzene rings is 1. The zero-order valence-corrected chi connectivity index (χ0v) is 16.3. The molecule has 2 amide bonds. The second-order valence-electron chi connectivity index (χ2n) is 6.55. The molecule has 0 radical (unpaired) electrons. The molecule has 7 nitrogen and oxygen atoms in total. The number of thiophene rings is 1. The van der Waals surface area contributed by atoms with Crippen LogP contribution in [0.1, 0.15) is 37.0 Å². The molecule has 0 spiro atoms. The number of hydrogen-bond acceptors (Lipinski definition) is 4. The number of amides is 2. The first-order chi connectivity index (χ1) is 13.5. The molecule has 0 saturated carbocycles. The summed E-state index contributed by atoms with van der Waals surface area (Å²) in [6.45, 7) is 4.62. The van der Waals surface area contributed by atoms with Crippen molar-refractivity contribution in [3.63, 3.8) is 0 Å². The van der Waals surface area contributed by atoms with Gasteiger partial charge in [-0.2, -0.15) is 5.10 Å². The van der Waals surface area contributed by atoms with Gasteiger partial charge in [0.25, 0.3) is 11.8 Å². The minimum Gasteiger partial charge on any atom is -0.357 e. The van der Waals surface area contributed by atoms with Crippen LogP contribution in [0.3, 0.4) is 0 Å². The maximum absolute atomic E-state index is 12.4. The molecule has 0 bridgehead atoms. The molecule has 8 heteroatoms. The maximum atomic E-state index is 12.4. The fraction of sp³-hybridized carbons (Fsp3) is 0.150. The van der Waals surface area contributed by atoms with E-state index in [1.807, 2.05) is 17.7 Å². The average Bonchev–Trinajstić information content (AvgIpc) is 3.41. The van der Waals surface area contributed by atoms with Gasteiger partial charge in [-0.1, -0.05) is 29.8 Å². The van der Waals surface area contributed by atoms with Crippen molar-refractivity contribution in [1.29, 1.82) is 0 Å². The zero-order valence-electron chi connectivity index (χ0n) is 15.4. The first-order valence-electron chi connectivity index (χ1n) is 8.78. The molecule has 0 fully saturated rings. The van der Waals surface area contributed by atoms with Crippen molar-refractivity contribution in [2.75, 3.05) is 0 Å². The van der Waals surface area contributed by atoms with Gasteiger partial charge in [0.2, 0.25) is 0 Å². The van der Waals surface area contributed by atoms with E-state index in [1.165, 1.54) is 16.9 Å². The van der Waals surface area contributed by atoms with Crippen LogP contribution in [0.4, 0.5) is 0 Å². The largest absolute Gasteiger partial charge is 0.357 e. The Morgan fingerprint density at radius 2 is 1.86 bits per heavy atom. The smallest absolute Gasteiger partial charge is 0.286 e. The van der Waals surface area contributed by atoms with E-state index in [-0.39, 0.29) is 5.91 Å². The van der Waals surface area contributed by atoms with Crippen molar-refractivity contribution in [3.05, 3.63) is 76.1 Å². The Morgan fingerprint density at radius 3 is 2.57 bits per heavy atom. The molecule has 0 aliphatic carbocycles. The van der Waals surface area contributed by atoms with Gasteiger partial charge in [0.15, 0.2) is 0 Å². The highest BCUT2D eigenvalue weighted by Gasteiger charge is 2.17. The lowest BCUT2D eigenvalue weighted by molar-refractivity contribution is 0.0846. The standard InChI is InChI=1S/C20H19N5O2S/c1-12-5-7-14(8-6-12)11-25-20-15(13(2)24-25)10-17(28-20)19(27)23-22-18(26)16-4-3-9-21-16/h3-10,21H,11H2,1-2H3,(H,22,26)(H,23,27). The molecule has 4 rings (SSSR count). The van der Waals surface area contributed by atoms with Crippen LogP contribution in [-0.4, -0.2) is 26.6 Å². The first kappa shape index (κ1) is 18.0. The van der Waals surface area contributed by atoms with Gasteiger partial charge in [-0.05, 0) is 37.6 Å². The molecular weight excluding hydrogens is 374 g/mol. The van der Waals surface area contributed by atoms with E-state index in [4.69, 9.17) is 0 Å². The van der Waals surface area contributed by atoms with Gasteiger partial charge in [-0.15, -0.1) is 11.3 Å². The van der Waals surface area contributed by atoms with E-state index in [2.05, 4.69) is 52.1 Å². The van der Waals surface area contributed by atoms with Crippen LogP contribution in [0, 0.1) is 13.8 Å². The molecule has 0 aliphatic rings. The molecule has 3 N–H and O–H groups in total. The highest BCUT2D eigenvalue weighted by molar-refractivity contribution is 7.20. The summed E-state index contributed by atoms with van der Waals surface area (Å²) in [5.41, 5.74) is 8.46. The van der Waals surface area contributed by atoms with Gasteiger partial charge in [0.1, 0.15) is 10.5 Å². The molecule has 142 valence electrons. The number of fused-ring (bicyclic) bond motifs is 1. The number of rotatable bonds is 4. The molecule has 3 aromatic heterocycles. The monoisotopic (exact) mass is 393 g/mol. The van der Waals surface area contributed by atoms with Crippen molar-refractivity contribution in [1.82, 2.24) is 25.6 Å². The van der Waals surface area contributed by atoms with E-state index in [1.54, 1.807) is 18.3 Å². The van der Waals surface area contributed by atoms with Crippen LogP contribution in [0.25, 0.3) is 10.2 Å². The minimum absolute atomic E-state index is 0.359. The topological polar surface area (TPSA) is 91.8 Å². The van der Waals surface area contributed by atoms with E-state index in [0.717, 1.165) is 21.5 Å². The average molecular weight is 393 g/mol. The van der Waals surface area contributed by atoms with Crippen molar-refractivity contribution in [3.8, 4) is 0 Å². The normalized spacial score (nSPS) is 10.9. The number of nitrogens with one attached hydrogen (secondary N) is 3. The Hall–Kier alpha value is -3.39. The predicted octanol–water partition coefficient (Wildman–Crippen LogP) is 3.17. The third-order valence-electron chi connectivity index (χ3n) is 4.42. The summed E-state index contributed by atoms with van der Waals surface area (Å²) in [4.78, 5) is 28.6. The van der Waals surface area contributed by atoms with Crippen LogP contribution >= 0.6 is 11.3 Å². The zero-order chi connectivity index (χ0) is 19.7. The lowest BCUT2D eigenvalue weighted by Gasteiger charge is -2.05. The van der Waals surface area contributed by atoms with E-state index >= 15 is 0 Å². The fourth-order valence-electron chi connectivity index (χ4n) is 2.91. The Balaban J connectivity index is 1.51. The Labute approximate surface area is 165 Å². The van der Waals surface area contributed by atoms with Gasteiger partial charge >= 0.3 is 0 Å². The van der Waals surface area contributed by atoms with Gasteiger partial charge in [0.05, 0.1) is 17.1 Å². The quantitative estimate of drug-likeness (QED) is 0.465. The first-order valence-corrected chi connectivity index (χ1v) is 9.59. The summed E-state index contributed by atoms with van der Waals surface area (Å²) in [5, 5.41) is 5.54. The summed E-state index contributed by atoms with van der Waals surface area (Å²) in [6.07, 6.45) is 1.64. The van der Waals surface area contributed by atoms with E-state index in [9.17, 15) is 9.59 Å². The van der Waals surface area contributed by atoms with Gasteiger partial charge < -0.3 is 4.98 Å². The maximum Gasteiger partial charge on any atom is 0.286 e. The van der Waals surface area contributed by atoms with Crippen molar-refractivity contribution >= 4 is 33.4 Å². The molecule has 1 aromatic carbocycles. The number of carbonyl (C=O) groups excluding carboxylic acids is 2. The summed E-state index contributed by atoms with van der Waals surface area (Å²) < 4.78 is 1.91. The summed E-state index contributed by atoms with van der Waals surface area (Å²) in [6, 6.07) is 13.5.